The van der Waals surface area contributed by atoms with Gasteiger partial charge in [-0.3, -0.25) is 4.79 Å². The molecule has 0 aliphatic carbocycles. The van der Waals surface area contributed by atoms with E-state index in [9.17, 15) is 22.8 Å². The Labute approximate surface area is 227 Å². The number of fused-ring (bicyclic) bond motifs is 1. The van der Waals surface area contributed by atoms with Gasteiger partial charge in [-0.25, -0.2) is 9.48 Å². The largest absolute Gasteiger partial charge is 0.493 e. The van der Waals surface area contributed by atoms with Gasteiger partial charge in [0.1, 0.15) is 5.82 Å². The number of piperazine rings is 1. The summed E-state index contributed by atoms with van der Waals surface area (Å²) in [5.74, 6) is 0.802. The quantitative estimate of drug-likeness (QED) is 0.468. The maximum absolute atomic E-state index is 14.2. The molecular formula is C27H28F3N5O5. The van der Waals surface area contributed by atoms with Gasteiger partial charge in [-0.1, -0.05) is 18.2 Å². The first kappa shape index (κ1) is 27.2. The fraction of sp³-hybridized carbons (Fsp3) is 0.370. The number of ether oxygens (including phenoxy) is 2. The molecule has 2 aliphatic heterocycles. The highest BCUT2D eigenvalue weighted by Crippen LogP contribution is 2.45. The van der Waals surface area contributed by atoms with E-state index in [2.05, 4.69) is 10.4 Å². The van der Waals surface area contributed by atoms with Crippen molar-refractivity contribution in [3.63, 3.8) is 0 Å². The Morgan fingerprint density at radius 2 is 1.68 bits per heavy atom. The van der Waals surface area contributed by atoms with E-state index in [0.717, 1.165) is 4.68 Å². The van der Waals surface area contributed by atoms with Crippen LogP contribution in [0.15, 0.2) is 48.5 Å². The van der Waals surface area contributed by atoms with Gasteiger partial charge in [0.2, 0.25) is 0 Å². The second-order valence-electron chi connectivity index (χ2n) is 9.61. The lowest BCUT2D eigenvalue weighted by molar-refractivity contribution is -0.173. The molecule has 1 aromatic heterocycles. The first-order valence-electron chi connectivity index (χ1n) is 12.6. The number of hydrogen-bond donors (Lipinski definition) is 2. The van der Waals surface area contributed by atoms with Crippen LogP contribution in [0, 0.1) is 0 Å². The smallest absolute Gasteiger partial charge is 0.410 e. The van der Waals surface area contributed by atoms with Gasteiger partial charge < -0.3 is 29.7 Å². The van der Waals surface area contributed by atoms with Crippen molar-refractivity contribution in [2.75, 3.05) is 45.7 Å². The molecule has 2 atom stereocenters. The van der Waals surface area contributed by atoms with Gasteiger partial charge in [-0.05, 0) is 29.8 Å². The molecule has 1 fully saturated rings. The molecule has 0 bridgehead atoms. The first-order valence-corrected chi connectivity index (χ1v) is 12.6. The van der Waals surface area contributed by atoms with E-state index in [-0.39, 0.29) is 50.0 Å². The zero-order chi connectivity index (χ0) is 28.6. The summed E-state index contributed by atoms with van der Waals surface area (Å²) in [5.41, 5.74) is 1.73. The van der Waals surface area contributed by atoms with Crippen molar-refractivity contribution in [1.82, 2.24) is 19.6 Å². The second-order valence-corrected chi connectivity index (χ2v) is 9.61. The third-order valence-corrected chi connectivity index (χ3v) is 7.24. The summed E-state index contributed by atoms with van der Waals surface area (Å²) in [6.45, 7) is 0.923. The summed E-state index contributed by atoms with van der Waals surface area (Å²) in [6.07, 6.45) is -5.87. The number of anilines is 1. The maximum Gasteiger partial charge on any atom is 0.410 e. The molecular weight excluding hydrogens is 531 g/mol. The Bertz CT molecular complexity index is 1420. The van der Waals surface area contributed by atoms with Crippen LogP contribution in [0.2, 0.25) is 0 Å². The van der Waals surface area contributed by atoms with Crippen molar-refractivity contribution in [3.05, 3.63) is 59.7 Å². The number of amides is 2. The van der Waals surface area contributed by atoms with Crippen LogP contribution in [0.1, 0.15) is 34.4 Å². The standard InChI is InChI=1S/C27H28F3N5O5/c1-39-21-7-6-17(13-22(21)40-2)19-14-23(27(28,29)30)35-24(31-19)15-20(32-35)16-4-3-5-18(12-16)25(36)33-8-10-34(11-9-33)26(37)38/h3-7,12-13,15,19,23,31H,8-11,14H2,1-2H3,(H,37,38). The highest BCUT2D eigenvalue weighted by molar-refractivity contribution is 5.95. The van der Waals surface area contributed by atoms with Crippen molar-refractivity contribution in [2.24, 2.45) is 0 Å². The fourth-order valence-electron chi connectivity index (χ4n) is 5.10. The molecule has 13 heteroatoms. The Morgan fingerprint density at radius 3 is 2.33 bits per heavy atom. The number of benzene rings is 2. The van der Waals surface area contributed by atoms with E-state index in [4.69, 9.17) is 14.6 Å². The molecule has 2 amide bonds. The Kier molecular flexibility index (Phi) is 7.21. The van der Waals surface area contributed by atoms with Crippen molar-refractivity contribution in [1.29, 1.82) is 0 Å². The number of halogens is 3. The molecule has 1 saturated heterocycles. The van der Waals surface area contributed by atoms with Crippen molar-refractivity contribution < 1.29 is 37.3 Å². The molecule has 0 saturated carbocycles. The highest BCUT2D eigenvalue weighted by atomic mass is 19.4. The average molecular weight is 560 g/mol. The highest BCUT2D eigenvalue weighted by Gasteiger charge is 2.46. The first-order chi connectivity index (χ1) is 19.1. The Morgan fingerprint density at radius 1 is 0.975 bits per heavy atom. The van der Waals surface area contributed by atoms with Gasteiger partial charge in [0, 0.05) is 49.8 Å². The lowest BCUT2D eigenvalue weighted by Crippen LogP contribution is -2.50. The van der Waals surface area contributed by atoms with Gasteiger partial charge in [0.15, 0.2) is 17.5 Å². The number of carboxylic acid groups (broad SMARTS) is 1. The summed E-state index contributed by atoms with van der Waals surface area (Å²) in [5, 5.41) is 16.6. The molecule has 212 valence electrons. The lowest BCUT2D eigenvalue weighted by Gasteiger charge is -2.33. The average Bonchev–Trinajstić information content (AvgIpc) is 3.39. The summed E-state index contributed by atoms with van der Waals surface area (Å²) >= 11 is 0. The summed E-state index contributed by atoms with van der Waals surface area (Å²) in [7, 11) is 2.95. The van der Waals surface area contributed by atoms with Crippen LogP contribution >= 0.6 is 0 Å². The molecule has 40 heavy (non-hydrogen) atoms. The van der Waals surface area contributed by atoms with E-state index >= 15 is 0 Å². The molecule has 2 N–H and O–H groups in total. The van der Waals surface area contributed by atoms with Crippen LogP contribution in [0.25, 0.3) is 11.3 Å². The van der Waals surface area contributed by atoms with E-state index in [1.165, 1.54) is 19.1 Å². The number of rotatable bonds is 5. The van der Waals surface area contributed by atoms with Crippen LogP contribution in [-0.2, 0) is 0 Å². The van der Waals surface area contributed by atoms with Gasteiger partial charge in [0.25, 0.3) is 5.91 Å². The predicted molar refractivity (Wildman–Crippen MR) is 139 cm³/mol. The van der Waals surface area contributed by atoms with Crippen LogP contribution in [-0.4, -0.2) is 83.3 Å². The van der Waals surface area contributed by atoms with E-state index < -0.39 is 24.4 Å². The van der Waals surface area contributed by atoms with E-state index in [1.807, 2.05) is 0 Å². The van der Waals surface area contributed by atoms with Gasteiger partial charge in [-0.2, -0.15) is 18.3 Å². The van der Waals surface area contributed by atoms with Crippen molar-refractivity contribution in [2.45, 2.75) is 24.7 Å². The summed E-state index contributed by atoms with van der Waals surface area (Å²) in [6, 6.07) is 10.6. The molecule has 5 rings (SSSR count). The normalized spacial score (nSPS) is 19.0. The minimum atomic E-state index is -4.55. The van der Waals surface area contributed by atoms with E-state index in [0.29, 0.717) is 28.2 Å². The number of alkyl halides is 3. The summed E-state index contributed by atoms with van der Waals surface area (Å²) in [4.78, 5) is 27.1. The number of nitrogens with one attached hydrogen (secondary N) is 1. The maximum atomic E-state index is 14.2. The minimum Gasteiger partial charge on any atom is -0.493 e. The molecule has 2 aliphatic rings. The number of carbonyl (C=O) groups is 2. The van der Waals surface area contributed by atoms with Crippen molar-refractivity contribution in [3.8, 4) is 22.8 Å². The third kappa shape index (κ3) is 5.23. The molecule has 2 unspecified atom stereocenters. The molecule has 10 nitrogen and oxygen atoms in total. The van der Waals surface area contributed by atoms with Gasteiger partial charge in [-0.15, -0.1) is 0 Å². The topological polar surface area (TPSA) is 109 Å². The zero-order valence-electron chi connectivity index (χ0n) is 21.8. The van der Waals surface area contributed by atoms with Gasteiger partial charge in [0.05, 0.1) is 26.0 Å². The zero-order valence-corrected chi connectivity index (χ0v) is 21.8. The third-order valence-electron chi connectivity index (χ3n) is 7.24. The van der Waals surface area contributed by atoms with Gasteiger partial charge >= 0.3 is 12.3 Å². The Hall–Kier alpha value is -4.42. The molecule has 2 aromatic carbocycles. The van der Waals surface area contributed by atoms with Crippen LogP contribution in [0.5, 0.6) is 11.5 Å². The fourth-order valence-corrected chi connectivity index (χ4v) is 5.10. The van der Waals surface area contributed by atoms with Crippen LogP contribution < -0.4 is 14.8 Å². The van der Waals surface area contributed by atoms with Crippen LogP contribution in [0.4, 0.5) is 23.8 Å². The van der Waals surface area contributed by atoms with Crippen molar-refractivity contribution >= 4 is 17.8 Å². The molecule has 0 radical (unpaired) electrons. The number of nitrogens with zero attached hydrogens (tertiary/aromatic N) is 4. The molecule has 3 aromatic rings. The van der Waals surface area contributed by atoms with E-state index in [1.54, 1.807) is 53.4 Å². The molecule has 3 heterocycles. The minimum absolute atomic E-state index is 0.199. The number of hydrogen-bond acceptors (Lipinski definition) is 6. The number of carbonyl (C=O) groups excluding carboxylic acids is 1. The molecule has 0 spiro atoms. The second kappa shape index (κ2) is 10.6. The predicted octanol–water partition coefficient (Wildman–Crippen LogP) is 4.66. The Balaban J connectivity index is 1.42. The van der Waals surface area contributed by atoms with Crippen LogP contribution in [0.3, 0.4) is 0 Å². The summed E-state index contributed by atoms with van der Waals surface area (Å²) < 4.78 is 54.2. The number of methoxy groups -OCH3 is 2. The number of aromatic nitrogens is 2. The SMILES string of the molecule is COc1ccc(C2CC(C(F)(F)F)n3nc(-c4cccc(C(=O)N5CCN(C(=O)O)CC5)c4)cc3N2)cc1OC. The monoisotopic (exact) mass is 559 g/mol. The lowest BCUT2D eigenvalue weighted by atomic mass is 9.96.